The van der Waals surface area contributed by atoms with Gasteiger partial charge in [0.05, 0.1) is 23.2 Å². The third-order valence-corrected chi connectivity index (χ3v) is 9.35. The predicted molar refractivity (Wildman–Crippen MR) is 108 cm³/mol. The average Bonchev–Trinajstić information content (AvgIpc) is 2.57. The molecule has 0 amide bonds. The van der Waals surface area contributed by atoms with Gasteiger partial charge in [-0.25, -0.2) is 4.39 Å². The molecule has 0 aromatic heterocycles. The topological polar surface area (TPSA) is 121 Å². The van der Waals surface area contributed by atoms with Crippen molar-refractivity contribution >= 4 is 16.1 Å². The first-order valence-electron chi connectivity index (χ1n) is 10.8. The highest BCUT2D eigenvalue weighted by molar-refractivity contribution is 7.86. The molecule has 4 aliphatic carbocycles. The highest BCUT2D eigenvalue weighted by Gasteiger charge is 2.71. The zero-order valence-electron chi connectivity index (χ0n) is 18.8. The number of esters is 1. The minimum atomic E-state index is -5.94. The number of aliphatic hydroxyl groups is 2. The number of hydrogen-bond acceptors (Lipinski definition) is 6. The van der Waals surface area contributed by atoms with Gasteiger partial charge >= 0.3 is 21.3 Å². The maximum atomic E-state index is 13.8. The molecule has 3 atom stereocenters. The fraction of sp³-hybridized carbons (Fsp3) is 0.952. The number of carbonyl (C=O) groups excluding carboxylic acids is 1. The van der Waals surface area contributed by atoms with Gasteiger partial charge in [-0.2, -0.15) is 17.2 Å². The Morgan fingerprint density at radius 2 is 1.50 bits per heavy atom. The maximum Gasteiger partial charge on any atom is 0.400 e. The summed E-state index contributed by atoms with van der Waals surface area (Å²) in [6.45, 7) is 5.94. The third kappa shape index (κ3) is 3.86. The van der Waals surface area contributed by atoms with Crippen molar-refractivity contribution < 1.29 is 45.9 Å². The normalized spacial score (nSPS) is 36.2. The second-order valence-corrected chi connectivity index (χ2v) is 12.9. The van der Waals surface area contributed by atoms with Crippen LogP contribution >= 0.6 is 0 Å². The highest BCUT2D eigenvalue weighted by Crippen LogP contribution is 2.74. The molecule has 32 heavy (non-hydrogen) atoms. The van der Waals surface area contributed by atoms with Crippen molar-refractivity contribution in [3.63, 3.8) is 0 Å². The van der Waals surface area contributed by atoms with Crippen LogP contribution in [0.3, 0.4) is 0 Å². The van der Waals surface area contributed by atoms with Crippen molar-refractivity contribution in [2.24, 2.45) is 22.2 Å². The molecule has 0 aromatic rings. The van der Waals surface area contributed by atoms with Crippen LogP contribution in [0.5, 0.6) is 0 Å². The average molecular weight is 487 g/mol. The van der Waals surface area contributed by atoms with Crippen LogP contribution in [0.1, 0.15) is 72.6 Å². The number of rotatable bonds is 8. The summed E-state index contributed by atoms with van der Waals surface area (Å²) >= 11 is 0. The second-order valence-electron chi connectivity index (χ2n) is 11.4. The van der Waals surface area contributed by atoms with Gasteiger partial charge in [0, 0.05) is 17.3 Å². The molecule has 4 rings (SSSR count). The molecule has 0 saturated heterocycles. The SMILES string of the molecule is CC(C)(O)C12CC3CC(C(=O)OCCC(F)C(F)(F)S(=O)(=O)O)(C1)CC(C(C)(C)O)(C3)C2. The number of hydrogen-bond donors (Lipinski definition) is 3. The summed E-state index contributed by atoms with van der Waals surface area (Å²) in [5, 5.41) is 17.0. The smallest absolute Gasteiger partial charge is 0.400 e. The van der Waals surface area contributed by atoms with Gasteiger partial charge in [-0.05, 0) is 72.1 Å². The van der Waals surface area contributed by atoms with E-state index in [0.29, 0.717) is 38.5 Å². The molecule has 11 heteroatoms. The zero-order valence-corrected chi connectivity index (χ0v) is 19.6. The fourth-order valence-electron chi connectivity index (χ4n) is 6.77. The molecule has 3 unspecified atom stereocenters. The Morgan fingerprint density at radius 1 is 1.03 bits per heavy atom. The molecule has 4 saturated carbocycles. The number of alkyl halides is 3. The van der Waals surface area contributed by atoms with E-state index < -0.39 is 68.0 Å². The first-order valence-corrected chi connectivity index (χ1v) is 12.3. The molecular weight excluding hydrogens is 453 g/mol. The Balaban J connectivity index is 1.82. The summed E-state index contributed by atoms with van der Waals surface area (Å²) in [6, 6.07) is 0. The van der Waals surface area contributed by atoms with Crippen LogP contribution in [-0.2, 0) is 19.6 Å². The molecule has 3 N–H and O–H groups in total. The Hall–Kier alpha value is -0.910. The molecule has 186 valence electrons. The van der Waals surface area contributed by atoms with Crippen molar-refractivity contribution in [1.29, 1.82) is 0 Å². The summed E-state index contributed by atoms with van der Waals surface area (Å²) in [7, 11) is -5.94. The molecule has 4 bridgehead atoms. The van der Waals surface area contributed by atoms with E-state index in [-0.39, 0.29) is 5.92 Å². The lowest BCUT2D eigenvalue weighted by atomic mass is 9.35. The van der Waals surface area contributed by atoms with Crippen molar-refractivity contribution in [2.75, 3.05) is 6.61 Å². The van der Waals surface area contributed by atoms with Crippen LogP contribution in [0.2, 0.25) is 0 Å². The van der Waals surface area contributed by atoms with Crippen molar-refractivity contribution in [1.82, 2.24) is 0 Å². The zero-order chi connectivity index (χ0) is 24.6. The largest absolute Gasteiger partial charge is 0.465 e. The van der Waals surface area contributed by atoms with Gasteiger partial charge < -0.3 is 14.9 Å². The second kappa shape index (κ2) is 7.29. The quantitative estimate of drug-likeness (QED) is 0.356. The van der Waals surface area contributed by atoms with Gasteiger partial charge in [-0.3, -0.25) is 9.35 Å². The summed E-state index contributed by atoms with van der Waals surface area (Å²) < 4.78 is 75.7. The first-order chi connectivity index (χ1) is 14.2. The molecule has 0 heterocycles. The number of halogens is 3. The molecule has 0 aliphatic heterocycles. The molecule has 0 spiro atoms. The summed E-state index contributed by atoms with van der Waals surface area (Å²) in [6.07, 6.45) is -1.37. The van der Waals surface area contributed by atoms with Crippen LogP contribution in [0.25, 0.3) is 0 Å². The Bertz CT molecular complexity index is 845. The number of ether oxygens (including phenoxy) is 1. The maximum absolute atomic E-state index is 13.8. The van der Waals surface area contributed by atoms with Crippen molar-refractivity contribution in [3.05, 3.63) is 0 Å². The van der Waals surface area contributed by atoms with Crippen LogP contribution in [0.15, 0.2) is 0 Å². The van der Waals surface area contributed by atoms with E-state index in [1.165, 1.54) is 0 Å². The molecule has 7 nitrogen and oxygen atoms in total. The lowest BCUT2D eigenvalue weighted by Gasteiger charge is -2.70. The lowest BCUT2D eigenvalue weighted by molar-refractivity contribution is -0.263. The first kappa shape index (κ1) is 25.7. The molecule has 0 radical (unpaired) electrons. The van der Waals surface area contributed by atoms with Gasteiger partial charge in [0.15, 0.2) is 6.17 Å². The van der Waals surface area contributed by atoms with Gasteiger partial charge in [0.2, 0.25) is 0 Å². The monoisotopic (exact) mass is 486 g/mol. The minimum Gasteiger partial charge on any atom is -0.465 e. The van der Waals surface area contributed by atoms with Gasteiger partial charge in [-0.15, -0.1) is 0 Å². The summed E-state index contributed by atoms with van der Waals surface area (Å²) in [5.74, 6) is -0.666. The Labute approximate surface area is 186 Å². The third-order valence-electron chi connectivity index (χ3n) is 8.41. The van der Waals surface area contributed by atoms with Crippen LogP contribution in [0.4, 0.5) is 13.2 Å². The number of carbonyl (C=O) groups is 1. The molecule has 4 fully saturated rings. The van der Waals surface area contributed by atoms with Crippen molar-refractivity contribution in [3.8, 4) is 0 Å². The summed E-state index contributed by atoms with van der Waals surface area (Å²) in [4.78, 5) is 13.2. The summed E-state index contributed by atoms with van der Waals surface area (Å²) in [5.41, 5.74) is -4.64. The lowest BCUT2D eigenvalue weighted by Crippen LogP contribution is -2.68. The van der Waals surface area contributed by atoms with E-state index in [9.17, 15) is 36.6 Å². The van der Waals surface area contributed by atoms with Crippen molar-refractivity contribution in [2.45, 2.75) is 95.3 Å². The van der Waals surface area contributed by atoms with Gasteiger partial charge in [0.25, 0.3) is 0 Å². The fourth-order valence-corrected chi connectivity index (χ4v) is 7.21. The van der Waals surface area contributed by atoms with Crippen LogP contribution < -0.4 is 0 Å². The minimum absolute atomic E-state index is 0.0504. The van der Waals surface area contributed by atoms with E-state index in [1.807, 2.05) is 0 Å². The van der Waals surface area contributed by atoms with E-state index in [1.54, 1.807) is 27.7 Å². The Morgan fingerprint density at radius 3 is 1.91 bits per heavy atom. The van der Waals surface area contributed by atoms with E-state index in [2.05, 4.69) is 0 Å². The van der Waals surface area contributed by atoms with Gasteiger partial charge in [-0.1, -0.05) is 0 Å². The van der Waals surface area contributed by atoms with E-state index in [4.69, 9.17) is 9.29 Å². The molecular formula is C21H33F3O7S. The van der Waals surface area contributed by atoms with E-state index in [0.717, 1.165) is 0 Å². The Kier molecular flexibility index (Phi) is 5.86. The molecule has 4 aliphatic rings. The van der Waals surface area contributed by atoms with Gasteiger partial charge in [0.1, 0.15) is 0 Å². The predicted octanol–water partition coefficient (Wildman–Crippen LogP) is 3.24. The highest BCUT2D eigenvalue weighted by atomic mass is 32.2. The molecule has 0 aromatic carbocycles. The van der Waals surface area contributed by atoms with E-state index >= 15 is 0 Å². The van der Waals surface area contributed by atoms with Crippen LogP contribution in [-0.4, -0.2) is 58.4 Å². The van der Waals surface area contributed by atoms with Crippen LogP contribution in [0, 0.1) is 22.2 Å². The standard InChI is InChI=1S/C21H33F3O7S/c1-16(2,26)19-8-13-7-18(10-19,11-20(9-13,12-19)17(3,4)27)15(25)31-6-5-14(22)21(23,24)32(28,29)30/h13-14,26-27H,5-12H2,1-4H3,(H,28,29,30).